The Bertz CT molecular complexity index is 520. The van der Waals surface area contributed by atoms with Crippen LogP contribution in [0.25, 0.3) is 11.0 Å². The van der Waals surface area contributed by atoms with Gasteiger partial charge in [-0.2, -0.15) is 0 Å². The Morgan fingerprint density at radius 3 is 2.59 bits per heavy atom. The van der Waals surface area contributed by atoms with Crippen molar-refractivity contribution >= 4 is 16.7 Å². The van der Waals surface area contributed by atoms with Gasteiger partial charge in [0, 0.05) is 23.6 Å². The Morgan fingerprint density at radius 1 is 1.18 bits per heavy atom. The molecule has 0 bridgehead atoms. The molecule has 0 spiro atoms. The van der Waals surface area contributed by atoms with E-state index in [0.717, 1.165) is 22.4 Å². The van der Waals surface area contributed by atoms with E-state index >= 15 is 0 Å². The highest BCUT2D eigenvalue weighted by Crippen LogP contribution is 2.24. The van der Waals surface area contributed by atoms with Gasteiger partial charge in [-0.05, 0) is 25.8 Å². The van der Waals surface area contributed by atoms with Crippen LogP contribution in [0.5, 0.6) is 0 Å². The molecule has 4 nitrogen and oxygen atoms in total. The van der Waals surface area contributed by atoms with Crippen molar-refractivity contribution in [3.63, 3.8) is 0 Å². The van der Waals surface area contributed by atoms with Gasteiger partial charge in [-0.25, -0.2) is 15.0 Å². The topological polar surface area (TPSA) is 50.7 Å². The van der Waals surface area contributed by atoms with Crippen LogP contribution in [-0.4, -0.2) is 21.0 Å². The highest BCUT2D eigenvalue weighted by Gasteiger charge is 2.09. The molecule has 0 saturated carbocycles. The van der Waals surface area contributed by atoms with Crippen molar-refractivity contribution in [2.45, 2.75) is 39.7 Å². The first-order valence-electron chi connectivity index (χ1n) is 5.95. The molecule has 2 rings (SSSR count). The SMILES string of the molecule is CC(C)Nc1cc(C(C)C)nc2ncncc12. The van der Waals surface area contributed by atoms with Crippen LogP contribution in [0.4, 0.5) is 5.69 Å². The molecular weight excluding hydrogens is 212 g/mol. The van der Waals surface area contributed by atoms with E-state index in [-0.39, 0.29) is 0 Å². The molecule has 17 heavy (non-hydrogen) atoms. The lowest BCUT2D eigenvalue weighted by Crippen LogP contribution is -2.11. The van der Waals surface area contributed by atoms with Gasteiger partial charge in [0.25, 0.3) is 0 Å². The van der Waals surface area contributed by atoms with Crippen LogP contribution in [0.1, 0.15) is 39.3 Å². The number of hydrogen-bond acceptors (Lipinski definition) is 4. The van der Waals surface area contributed by atoms with Gasteiger partial charge in [0.2, 0.25) is 0 Å². The van der Waals surface area contributed by atoms with Crippen molar-refractivity contribution in [2.24, 2.45) is 0 Å². The van der Waals surface area contributed by atoms with Gasteiger partial charge in [-0.3, -0.25) is 0 Å². The van der Waals surface area contributed by atoms with Gasteiger partial charge in [0.05, 0.1) is 5.39 Å². The summed E-state index contributed by atoms with van der Waals surface area (Å²) >= 11 is 0. The summed E-state index contributed by atoms with van der Waals surface area (Å²) < 4.78 is 0. The van der Waals surface area contributed by atoms with Crippen molar-refractivity contribution in [3.05, 3.63) is 24.3 Å². The Labute approximate surface area is 102 Å². The standard InChI is InChI=1S/C13H18N4/c1-8(2)11-5-12(16-9(3)4)10-6-14-7-15-13(10)17-11/h5-9H,1-4H3,(H,14,15,16,17). The van der Waals surface area contributed by atoms with Gasteiger partial charge in [-0.1, -0.05) is 13.8 Å². The third-order valence-corrected chi connectivity index (χ3v) is 2.54. The summed E-state index contributed by atoms with van der Waals surface area (Å²) in [4.78, 5) is 12.8. The predicted molar refractivity (Wildman–Crippen MR) is 70.2 cm³/mol. The molecule has 0 radical (unpaired) electrons. The molecule has 2 heterocycles. The fourth-order valence-corrected chi connectivity index (χ4v) is 1.71. The van der Waals surface area contributed by atoms with Crippen molar-refractivity contribution in [3.8, 4) is 0 Å². The number of pyridine rings is 1. The minimum Gasteiger partial charge on any atom is -0.382 e. The zero-order valence-electron chi connectivity index (χ0n) is 10.7. The number of rotatable bonds is 3. The number of aromatic nitrogens is 3. The fraction of sp³-hybridized carbons (Fsp3) is 0.462. The summed E-state index contributed by atoms with van der Waals surface area (Å²) in [5.41, 5.74) is 2.88. The van der Waals surface area contributed by atoms with Gasteiger partial charge in [-0.15, -0.1) is 0 Å². The lowest BCUT2D eigenvalue weighted by Gasteiger charge is -2.14. The van der Waals surface area contributed by atoms with E-state index in [0.29, 0.717) is 12.0 Å². The molecule has 0 atom stereocenters. The summed E-state index contributed by atoms with van der Waals surface area (Å²) in [6.45, 7) is 8.50. The van der Waals surface area contributed by atoms with Gasteiger partial charge in [0.1, 0.15) is 6.33 Å². The molecule has 0 aliphatic rings. The summed E-state index contributed by atoms with van der Waals surface area (Å²) in [7, 11) is 0. The zero-order valence-corrected chi connectivity index (χ0v) is 10.7. The first kappa shape index (κ1) is 11.8. The minimum absolute atomic E-state index is 0.376. The molecule has 0 saturated heterocycles. The second kappa shape index (κ2) is 4.65. The molecule has 2 aromatic rings. The second-order valence-corrected chi connectivity index (χ2v) is 4.81. The van der Waals surface area contributed by atoms with E-state index in [2.05, 4.69) is 54.0 Å². The number of hydrogen-bond donors (Lipinski definition) is 1. The van der Waals surface area contributed by atoms with Crippen LogP contribution in [-0.2, 0) is 0 Å². The van der Waals surface area contributed by atoms with E-state index in [4.69, 9.17) is 0 Å². The summed E-state index contributed by atoms with van der Waals surface area (Å²) in [5.74, 6) is 0.391. The van der Waals surface area contributed by atoms with Crippen molar-refractivity contribution < 1.29 is 0 Å². The predicted octanol–water partition coefficient (Wildman–Crippen LogP) is 2.97. The van der Waals surface area contributed by atoms with Crippen LogP contribution in [0, 0.1) is 0 Å². The normalized spacial score (nSPS) is 11.4. The minimum atomic E-state index is 0.376. The average Bonchev–Trinajstić information content (AvgIpc) is 2.28. The number of nitrogens with zero attached hydrogens (tertiary/aromatic N) is 3. The number of fused-ring (bicyclic) bond motifs is 1. The van der Waals surface area contributed by atoms with Crippen molar-refractivity contribution in [2.75, 3.05) is 5.32 Å². The maximum atomic E-state index is 4.55. The third-order valence-electron chi connectivity index (χ3n) is 2.54. The van der Waals surface area contributed by atoms with Gasteiger partial charge < -0.3 is 5.32 Å². The molecule has 0 aromatic carbocycles. The van der Waals surface area contributed by atoms with E-state index in [1.54, 1.807) is 6.33 Å². The highest BCUT2D eigenvalue weighted by molar-refractivity contribution is 5.88. The smallest absolute Gasteiger partial charge is 0.164 e. The molecular formula is C13H18N4. The van der Waals surface area contributed by atoms with Crippen molar-refractivity contribution in [1.82, 2.24) is 15.0 Å². The highest BCUT2D eigenvalue weighted by atomic mass is 15.0. The van der Waals surface area contributed by atoms with Gasteiger partial charge >= 0.3 is 0 Å². The molecule has 1 N–H and O–H groups in total. The molecule has 0 unspecified atom stereocenters. The van der Waals surface area contributed by atoms with Gasteiger partial charge in [0.15, 0.2) is 5.65 Å². The molecule has 0 aliphatic heterocycles. The van der Waals surface area contributed by atoms with Crippen LogP contribution >= 0.6 is 0 Å². The largest absolute Gasteiger partial charge is 0.382 e. The Kier molecular flexibility index (Phi) is 3.22. The molecule has 4 heteroatoms. The Balaban J connectivity index is 2.60. The summed E-state index contributed by atoms with van der Waals surface area (Å²) in [6, 6.07) is 2.47. The Hall–Kier alpha value is -1.71. The third kappa shape index (κ3) is 2.52. The van der Waals surface area contributed by atoms with Crippen LogP contribution in [0.15, 0.2) is 18.6 Å². The molecule has 0 amide bonds. The molecule has 0 aliphatic carbocycles. The van der Waals surface area contributed by atoms with Crippen LogP contribution < -0.4 is 5.32 Å². The van der Waals surface area contributed by atoms with Crippen molar-refractivity contribution in [1.29, 1.82) is 0 Å². The van der Waals surface area contributed by atoms with Crippen LogP contribution in [0.3, 0.4) is 0 Å². The quantitative estimate of drug-likeness (QED) is 0.880. The maximum Gasteiger partial charge on any atom is 0.164 e. The lowest BCUT2D eigenvalue weighted by molar-refractivity contribution is 0.824. The second-order valence-electron chi connectivity index (χ2n) is 4.81. The first-order valence-corrected chi connectivity index (χ1v) is 5.95. The van der Waals surface area contributed by atoms with E-state index in [1.807, 2.05) is 6.20 Å². The van der Waals surface area contributed by atoms with E-state index in [9.17, 15) is 0 Å². The first-order chi connectivity index (χ1) is 8.08. The molecule has 0 fully saturated rings. The number of anilines is 1. The Morgan fingerprint density at radius 2 is 1.94 bits per heavy atom. The maximum absolute atomic E-state index is 4.55. The summed E-state index contributed by atoms with van der Waals surface area (Å²) in [5, 5.41) is 4.40. The molecule has 2 aromatic heterocycles. The van der Waals surface area contributed by atoms with E-state index in [1.165, 1.54) is 0 Å². The average molecular weight is 230 g/mol. The monoisotopic (exact) mass is 230 g/mol. The van der Waals surface area contributed by atoms with Crippen LogP contribution in [0.2, 0.25) is 0 Å². The fourth-order valence-electron chi connectivity index (χ4n) is 1.71. The zero-order chi connectivity index (χ0) is 12.4. The summed E-state index contributed by atoms with van der Waals surface area (Å²) in [6.07, 6.45) is 3.35. The lowest BCUT2D eigenvalue weighted by atomic mass is 10.1. The number of nitrogens with one attached hydrogen (secondary N) is 1. The van der Waals surface area contributed by atoms with E-state index < -0.39 is 0 Å². The molecule has 90 valence electrons.